The Morgan fingerprint density at radius 2 is 1.86 bits per heavy atom. The summed E-state index contributed by atoms with van der Waals surface area (Å²) in [5.41, 5.74) is 2.33. The predicted molar refractivity (Wildman–Crippen MR) is 115 cm³/mol. The lowest BCUT2D eigenvalue weighted by atomic mass is 9.78. The summed E-state index contributed by atoms with van der Waals surface area (Å²) in [6, 6.07) is 13.4. The quantitative estimate of drug-likeness (QED) is 0.678. The van der Waals surface area contributed by atoms with Crippen molar-refractivity contribution in [2.75, 3.05) is 27.0 Å². The molecule has 154 valence electrons. The number of benzene rings is 2. The van der Waals surface area contributed by atoms with E-state index in [0.717, 1.165) is 16.9 Å². The minimum atomic E-state index is -1.15. The molecular weight excluding hydrogens is 386 g/mol. The van der Waals surface area contributed by atoms with Crippen molar-refractivity contribution >= 4 is 17.1 Å². The maximum Gasteiger partial charge on any atom is 0.248 e. The van der Waals surface area contributed by atoms with Gasteiger partial charge < -0.3 is 18.9 Å². The summed E-state index contributed by atoms with van der Waals surface area (Å²) in [6.45, 7) is 4.87. The van der Waals surface area contributed by atoms with E-state index in [0.29, 0.717) is 29.4 Å². The van der Waals surface area contributed by atoms with E-state index >= 15 is 0 Å². The first-order valence-corrected chi connectivity index (χ1v) is 11.0. The molecule has 2 aromatic rings. The second-order valence-corrected chi connectivity index (χ2v) is 9.07. The van der Waals surface area contributed by atoms with E-state index in [1.165, 1.54) is 0 Å². The minimum absolute atomic E-state index is 0.0358. The molecule has 0 radical (unpaired) electrons. The average molecular weight is 414 g/mol. The number of amides is 1. The van der Waals surface area contributed by atoms with E-state index in [2.05, 4.69) is 6.92 Å². The first-order chi connectivity index (χ1) is 13.7. The first-order valence-electron chi connectivity index (χ1n) is 9.41. The Labute approximate surface area is 175 Å². The molecule has 2 atom stereocenters. The Bertz CT molecular complexity index is 923. The molecule has 5 nitrogen and oxygen atoms in total. The largest absolute Gasteiger partial charge is 0.612 e. The Morgan fingerprint density at radius 3 is 2.45 bits per heavy atom. The van der Waals surface area contributed by atoms with Crippen LogP contribution in [0.15, 0.2) is 59.0 Å². The molecule has 0 saturated carbocycles. The maximum absolute atomic E-state index is 12.2. The number of hydrogen-bond acceptors (Lipinski definition) is 4. The highest BCUT2D eigenvalue weighted by Gasteiger charge is 2.34. The van der Waals surface area contributed by atoms with Gasteiger partial charge in [0.15, 0.2) is 4.90 Å². The van der Waals surface area contributed by atoms with Crippen molar-refractivity contribution in [3.05, 3.63) is 65.2 Å². The Hall–Kier alpha value is -2.44. The molecule has 2 unspecified atom stereocenters. The van der Waals surface area contributed by atoms with Gasteiger partial charge in [0, 0.05) is 30.6 Å². The Balaban J connectivity index is 1.90. The lowest BCUT2D eigenvalue weighted by molar-refractivity contribution is -0.127. The highest BCUT2D eigenvalue weighted by atomic mass is 32.2. The van der Waals surface area contributed by atoms with Gasteiger partial charge in [-0.05, 0) is 53.5 Å². The molecule has 0 saturated heterocycles. The van der Waals surface area contributed by atoms with Gasteiger partial charge in [-0.25, -0.2) is 0 Å². The van der Waals surface area contributed by atoms with Crippen LogP contribution in [0.5, 0.6) is 11.5 Å². The van der Waals surface area contributed by atoms with Crippen LogP contribution in [0.1, 0.15) is 25.0 Å². The van der Waals surface area contributed by atoms with Gasteiger partial charge >= 0.3 is 0 Å². The summed E-state index contributed by atoms with van der Waals surface area (Å²) in [4.78, 5) is 14.6. The van der Waals surface area contributed by atoms with Crippen LogP contribution in [-0.2, 0) is 28.0 Å². The number of nitrogens with zero attached hydrogens (tertiary/aromatic N) is 1. The lowest BCUT2D eigenvalue weighted by Crippen LogP contribution is -2.43. The summed E-state index contributed by atoms with van der Waals surface area (Å²) in [5.74, 6) is 1.49. The third-order valence-electron chi connectivity index (χ3n) is 5.22. The Morgan fingerprint density at radius 1 is 1.17 bits per heavy atom. The standard InChI is InChI=1S/C23H27NO4S/c1-16-13-23(2,15-24(3)22(16)25)18-10-20(12-21(11-18)29(5)26)28-14-17-6-8-19(27-4)9-7-17/h6-13H,14-15H2,1-5H3. The van der Waals surface area contributed by atoms with Crippen molar-refractivity contribution in [1.82, 2.24) is 4.90 Å². The van der Waals surface area contributed by atoms with E-state index < -0.39 is 11.2 Å². The predicted octanol–water partition coefficient (Wildman–Crippen LogP) is 3.69. The molecule has 1 aliphatic heterocycles. The molecule has 29 heavy (non-hydrogen) atoms. The molecule has 6 heteroatoms. The smallest absolute Gasteiger partial charge is 0.248 e. The average Bonchev–Trinajstić information content (AvgIpc) is 2.70. The number of carbonyl (C=O) groups excluding carboxylic acids is 1. The zero-order valence-electron chi connectivity index (χ0n) is 17.5. The van der Waals surface area contributed by atoms with Crippen LogP contribution in [0.25, 0.3) is 0 Å². The molecule has 1 amide bonds. The van der Waals surface area contributed by atoms with Crippen LogP contribution < -0.4 is 9.47 Å². The van der Waals surface area contributed by atoms with Gasteiger partial charge in [0.2, 0.25) is 5.91 Å². The van der Waals surface area contributed by atoms with Gasteiger partial charge in [0.1, 0.15) is 24.4 Å². The number of likely N-dealkylation sites (N-methyl/N-ethyl adjacent to an activating group) is 1. The van der Waals surface area contributed by atoms with E-state index in [1.807, 2.05) is 55.5 Å². The number of ether oxygens (including phenoxy) is 2. The molecule has 1 heterocycles. The molecule has 2 aromatic carbocycles. The number of carbonyl (C=O) groups is 1. The topological polar surface area (TPSA) is 61.8 Å². The number of hydrogen-bond donors (Lipinski definition) is 0. The van der Waals surface area contributed by atoms with Gasteiger partial charge in [-0.15, -0.1) is 0 Å². The van der Waals surface area contributed by atoms with E-state index in [9.17, 15) is 9.35 Å². The highest BCUT2D eigenvalue weighted by molar-refractivity contribution is 7.90. The van der Waals surface area contributed by atoms with E-state index in [4.69, 9.17) is 9.47 Å². The zero-order valence-corrected chi connectivity index (χ0v) is 18.3. The van der Waals surface area contributed by atoms with Crippen molar-refractivity contribution in [2.24, 2.45) is 0 Å². The highest BCUT2D eigenvalue weighted by Crippen LogP contribution is 2.35. The van der Waals surface area contributed by atoms with Gasteiger partial charge in [-0.3, -0.25) is 4.79 Å². The number of methoxy groups -OCH3 is 1. The minimum Gasteiger partial charge on any atom is -0.612 e. The summed E-state index contributed by atoms with van der Waals surface area (Å²) in [6.07, 6.45) is 3.66. The maximum atomic E-state index is 12.2. The molecule has 0 spiro atoms. The molecule has 0 fully saturated rings. The van der Waals surface area contributed by atoms with Crippen LogP contribution in [-0.4, -0.2) is 42.3 Å². The molecular formula is C23H27NO4S. The van der Waals surface area contributed by atoms with Gasteiger partial charge in [-0.1, -0.05) is 25.1 Å². The fraction of sp³-hybridized carbons (Fsp3) is 0.348. The van der Waals surface area contributed by atoms with E-state index in [-0.39, 0.29) is 11.3 Å². The summed E-state index contributed by atoms with van der Waals surface area (Å²) >= 11 is -1.15. The second-order valence-electron chi connectivity index (χ2n) is 7.69. The van der Waals surface area contributed by atoms with Crippen molar-refractivity contribution in [1.29, 1.82) is 0 Å². The van der Waals surface area contributed by atoms with Crippen molar-refractivity contribution in [2.45, 2.75) is 30.8 Å². The number of rotatable bonds is 6. The van der Waals surface area contributed by atoms with Crippen LogP contribution in [0.4, 0.5) is 0 Å². The van der Waals surface area contributed by atoms with E-state index in [1.54, 1.807) is 25.3 Å². The van der Waals surface area contributed by atoms with Crippen LogP contribution in [0, 0.1) is 0 Å². The molecule has 0 N–H and O–H groups in total. The second kappa shape index (κ2) is 8.51. The summed E-state index contributed by atoms with van der Waals surface area (Å²) in [7, 11) is 3.44. The van der Waals surface area contributed by atoms with Crippen molar-refractivity contribution in [3.63, 3.8) is 0 Å². The van der Waals surface area contributed by atoms with Crippen LogP contribution in [0.2, 0.25) is 0 Å². The van der Waals surface area contributed by atoms with Gasteiger partial charge in [-0.2, -0.15) is 0 Å². The SMILES string of the molecule is COc1ccc(COc2cc([S+](C)[O-])cc(C3(C)C=C(C)C(=O)N(C)C3)c2)cc1. The summed E-state index contributed by atoms with van der Waals surface area (Å²) < 4.78 is 23.4. The third kappa shape index (κ3) is 4.77. The summed E-state index contributed by atoms with van der Waals surface area (Å²) in [5, 5.41) is 0. The van der Waals surface area contributed by atoms with Gasteiger partial charge in [0.25, 0.3) is 0 Å². The fourth-order valence-corrected chi connectivity index (χ4v) is 4.24. The molecule has 0 aromatic heterocycles. The lowest BCUT2D eigenvalue weighted by Gasteiger charge is -2.37. The zero-order chi connectivity index (χ0) is 21.2. The van der Waals surface area contributed by atoms with Crippen LogP contribution in [0.3, 0.4) is 0 Å². The molecule has 0 aliphatic carbocycles. The Kier molecular flexibility index (Phi) is 6.24. The molecule has 3 rings (SSSR count). The fourth-order valence-electron chi connectivity index (χ4n) is 3.66. The van der Waals surface area contributed by atoms with Crippen molar-refractivity contribution < 1.29 is 18.8 Å². The molecule has 1 aliphatic rings. The first kappa shape index (κ1) is 21.3. The van der Waals surface area contributed by atoms with Crippen molar-refractivity contribution in [3.8, 4) is 11.5 Å². The molecule has 0 bridgehead atoms. The van der Waals surface area contributed by atoms with Crippen LogP contribution >= 0.6 is 0 Å². The third-order valence-corrected chi connectivity index (χ3v) is 6.12. The normalized spacial score (nSPS) is 20.3. The van der Waals surface area contributed by atoms with Gasteiger partial charge in [0.05, 0.1) is 7.11 Å². The monoisotopic (exact) mass is 413 g/mol.